The summed E-state index contributed by atoms with van der Waals surface area (Å²) in [5.74, 6) is 0. The van der Waals surface area contributed by atoms with Crippen LogP contribution in [-0.4, -0.2) is 18.8 Å². The molecule has 0 heterocycles. The molecule has 15 heavy (non-hydrogen) atoms. The van der Waals surface area contributed by atoms with Crippen molar-refractivity contribution in [1.82, 2.24) is 0 Å². The van der Waals surface area contributed by atoms with Crippen LogP contribution in [0.5, 0.6) is 0 Å². The summed E-state index contributed by atoms with van der Waals surface area (Å²) in [6.07, 6.45) is 3.10. The summed E-state index contributed by atoms with van der Waals surface area (Å²) in [5, 5.41) is 9.53. The Morgan fingerprint density at radius 2 is 2.27 bits per heavy atom. The molecule has 82 valence electrons. The lowest BCUT2D eigenvalue weighted by molar-refractivity contribution is -0.0688. The Labute approximate surface area is 90.9 Å². The Kier molecular flexibility index (Phi) is 2.81. The largest absolute Gasteiger partial charge is 0.393 e. The van der Waals surface area contributed by atoms with Crippen molar-refractivity contribution in [2.24, 2.45) is 0 Å². The van der Waals surface area contributed by atoms with Gasteiger partial charge in [0.15, 0.2) is 0 Å². The second-order valence-electron chi connectivity index (χ2n) is 4.37. The molecule has 2 rings (SSSR count). The van der Waals surface area contributed by atoms with Gasteiger partial charge in [0.1, 0.15) is 5.60 Å². The fourth-order valence-electron chi connectivity index (χ4n) is 2.51. The van der Waals surface area contributed by atoms with Gasteiger partial charge in [-0.15, -0.1) is 0 Å². The van der Waals surface area contributed by atoms with Gasteiger partial charge >= 0.3 is 0 Å². The number of benzene rings is 1. The lowest BCUT2D eigenvalue weighted by Gasteiger charge is -2.36. The molecule has 1 atom stereocenters. The van der Waals surface area contributed by atoms with Crippen LogP contribution in [0.25, 0.3) is 0 Å². The van der Waals surface area contributed by atoms with Crippen LogP contribution in [0.2, 0.25) is 0 Å². The molecule has 0 saturated heterocycles. The third kappa shape index (κ3) is 1.68. The number of rotatable bonds is 2. The summed E-state index contributed by atoms with van der Waals surface area (Å²) in [4.78, 5) is 0. The van der Waals surface area contributed by atoms with E-state index >= 15 is 0 Å². The van der Waals surface area contributed by atoms with Gasteiger partial charge in [-0.1, -0.05) is 23.8 Å². The zero-order valence-electron chi connectivity index (χ0n) is 9.42. The molecule has 0 aliphatic heterocycles. The zero-order valence-corrected chi connectivity index (χ0v) is 9.42. The van der Waals surface area contributed by atoms with Gasteiger partial charge in [-0.05, 0) is 37.3 Å². The highest BCUT2D eigenvalue weighted by Crippen LogP contribution is 2.37. The second kappa shape index (κ2) is 3.95. The van der Waals surface area contributed by atoms with Crippen molar-refractivity contribution >= 4 is 0 Å². The van der Waals surface area contributed by atoms with Crippen molar-refractivity contribution < 1.29 is 9.84 Å². The van der Waals surface area contributed by atoms with E-state index in [1.807, 2.05) is 0 Å². The highest BCUT2D eigenvalue weighted by Gasteiger charge is 2.35. The molecule has 1 unspecified atom stereocenters. The van der Waals surface area contributed by atoms with Crippen LogP contribution in [0.3, 0.4) is 0 Å². The fourth-order valence-corrected chi connectivity index (χ4v) is 2.51. The average molecular weight is 206 g/mol. The summed E-state index contributed by atoms with van der Waals surface area (Å²) in [7, 11) is 1.69. The van der Waals surface area contributed by atoms with Gasteiger partial charge in [-0.25, -0.2) is 0 Å². The minimum absolute atomic E-state index is 0.0690. The highest BCUT2D eigenvalue weighted by molar-refractivity contribution is 5.38. The van der Waals surface area contributed by atoms with E-state index < -0.39 is 5.60 Å². The second-order valence-corrected chi connectivity index (χ2v) is 4.37. The van der Waals surface area contributed by atoms with Crippen LogP contribution < -0.4 is 0 Å². The third-order valence-electron chi connectivity index (χ3n) is 3.42. The molecule has 1 aliphatic rings. The molecule has 1 aromatic rings. The standard InChI is InChI=1S/C13H18O2/c1-10-5-6-12-11(8-10)4-3-7-13(12,9-14)15-2/h5-6,8,14H,3-4,7,9H2,1-2H3. The summed E-state index contributed by atoms with van der Waals surface area (Å²) in [5.41, 5.74) is 3.32. The van der Waals surface area contributed by atoms with Crippen LogP contribution in [0.1, 0.15) is 29.5 Å². The van der Waals surface area contributed by atoms with E-state index in [9.17, 15) is 5.11 Å². The predicted octanol–water partition coefficient (Wildman–Crippen LogP) is 2.17. The van der Waals surface area contributed by atoms with Crippen molar-refractivity contribution in [3.8, 4) is 0 Å². The molecule has 0 aromatic heterocycles. The Hall–Kier alpha value is -0.860. The molecule has 0 saturated carbocycles. The quantitative estimate of drug-likeness (QED) is 0.803. The maximum Gasteiger partial charge on any atom is 0.116 e. The van der Waals surface area contributed by atoms with Crippen LogP contribution in [0.4, 0.5) is 0 Å². The number of ether oxygens (including phenoxy) is 1. The van der Waals surface area contributed by atoms with Crippen LogP contribution in [0.15, 0.2) is 18.2 Å². The number of fused-ring (bicyclic) bond motifs is 1. The van der Waals surface area contributed by atoms with Gasteiger partial charge in [0.25, 0.3) is 0 Å². The molecule has 0 fully saturated rings. The Morgan fingerprint density at radius 1 is 1.47 bits per heavy atom. The molecular formula is C13H18O2. The van der Waals surface area contributed by atoms with E-state index in [4.69, 9.17) is 4.74 Å². The minimum atomic E-state index is -0.457. The zero-order chi connectivity index (χ0) is 10.9. The SMILES string of the molecule is COC1(CO)CCCc2cc(C)ccc21. The van der Waals surface area contributed by atoms with E-state index in [-0.39, 0.29) is 6.61 Å². The summed E-state index contributed by atoms with van der Waals surface area (Å²) in [6.45, 7) is 2.17. The van der Waals surface area contributed by atoms with E-state index in [2.05, 4.69) is 25.1 Å². The van der Waals surface area contributed by atoms with Gasteiger partial charge < -0.3 is 9.84 Å². The van der Waals surface area contributed by atoms with Gasteiger partial charge in [-0.3, -0.25) is 0 Å². The molecule has 1 aromatic carbocycles. The minimum Gasteiger partial charge on any atom is -0.393 e. The molecule has 0 spiro atoms. The Balaban J connectivity index is 2.50. The smallest absolute Gasteiger partial charge is 0.116 e. The van der Waals surface area contributed by atoms with Gasteiger partial charge in [0.2, 0.25) is 0 Å². The Morgan fingerprint density at radius 3 is 2.93 bits per heavy atom. The number of hydrogen-bond donors (Lipinski definition) is 1. The summed E-state index contributed by atoms with van der Waals surface area (Å²) in [6, 6.07) is 6.40. The van der Waals surface area contributed by atoms with E-state index in [1.165, 1.54) is 16.7 Å². The molecule has 1 N–H and O–H groups in total. The lowest BCUT2D eigenvalue weighted by atomic mass is 9.79. The number of aryl methyl sites for hydroxylation is 2. The van der Waals surface area contributed by atoms with Gasteiger partial charge in [0, 0.05) is 7.11 Å². The number of hydrogen-bond acceptors (Lipinski definition) is 2. The first-order valence-electron chi connectivity index (χ1n) is 5.48. The molecule has 2 heteroatoms. The lowest BCUT2D eigenvalue weighted by Crippen LogP contribution is -2.36. The van der Waals surface area contributed by atoms with Crippen molar-refractivity contribution in [2.75, 3.05) is 13.7 Å². The molecule has 0 radical (unpaired) electrons. The van der Waals surface area contributed by atoms with Gasteiger partial charge in [0.05, 0.1) is 6.61 Å². The number of aliphatic hydroxyl groups is 1. The molecule has 0 amide bonds. The van der Waals surface area contributed by atoms with Crippen molar-refractivity contribution in [1.29, 1.82) is 0 Å². The number of methoxy groups -OCH3 is 1. The summed E-state index contributed by atoms with van der Waals surface area (Å²) < 4.78 is 5.54. The number of aliphatic hydroxyl groups excluding tert-OH is 1. The third-order valence-corrected chi connectivity index (χ3v) is 3.42. The Bertz CT molecular complexity index is 354. The molecule has 0 bridgehead atoms. The first kappa shape index (κ1) is 10.7. The first-order chi connectivity index (χ1) is 7.22. The summed E-state index contributed by atoms with van der Waals surface area (Å²) >= 11 is 0. The maximum absolute atomic E-state index is 9.53. The average Bonchev–Trinajstić information content (AvgIpc) is 2.27. The predicted molar refractivity (Wildman–Crippen MR) is 59.9 cm³/mol. The van der Waals surface area contributed by atoms with Crippen molar-refractivity contribution in [3.05, 3.63) is 34.9 Å². The fraction of sp³-hybridized carbons (Fsp3) is 0.538. The van der Waals surface area contributed by atoms with Crippen LogP contribution in [-0.2, 0) is 16.8 Å². The van der Waals surface area contributed by atoms with Crippen molar-refractivity contribution in [3.63, 3.8) is 0 Å². The molecule has 1 aliphatic carbocycles. The highest BCUT2D eigenvalue weighted by atomic mass is 16.5. The topological polar surface area (TPSA) is 29.5 Å². The first-order valence-corrected chi connectivity index (χ1v) is 5.48. The van der Waals surface area contributed by atoms with Crippen LogP contribution >= 0.6 is 0 Å². The van der Waals surface area contributed by atoms with E-state index in [0.29, 0.717) is 0 Å². The molecular weight excluding hydrogens is 188 g/mol. The van der Waals surface area contributed by atoms with Crippen LogP contribution in [0, 0.1) is 6.92 Å². The van der Waals surface area contributed by atoms with E-state index in [0.717, 1.165) is 19.3 Å². The monoisotopic (exact) mass is 206 g/mol. The van der Waals surface area contributed by atoms with E-state index in [1.54, 1.807) is 7.11 Å². The maximum atomic E-state index is 9.53. The molecule has 2 nitrogen and oxygen atoms in total. The normalized spacial score (nSPS) is 25.0. The van der Waals surface area contributed by atoms with Gasteiger partial charge in [-0.2, -0.15) is 0 Å². The van der Waals surface area contributed by atoms with Crippen molar-refractivity contribution in [2.45, 2.75) is 31.8 Å².